The Bertz CT molecular complexity index is 2870. The molecule has 0 fully saturated rings. The van der Waals surface area contributed by atoms with Crippen molar-refractivity contribution < 1.29 is 0 Å². The number of rotatable bonds is 4. The molecule has 0 aliphatic heterocycles. The Hall–Kier alpha value is -6.16. The summed E-state index contributed by atoms with van der Waals surface area (Å²) >= 11 is 1.75. The molecule has 0 atom stereocenters. The van der Waals surface area contributed by atoms with Gasteiger partial charge in [-0.2, -0.15) is 0 Å². The lowest BCUT2D eigenvalue weighted by Crippen LogP contribution is -1.93. The zero-order valence-electron chi connectivity index (χ0n) is 26.5. The van der Waals surface area contributed by atoms with Crippen molar-refractivity contribution in [1.82, 2.24) is 9.97 Å². The van der Waals surface area contributed by atoms with Gasteiger partial charge in [0.15, 0.2) is 0 Å². The van der Waals surface area contributed by atoms with Gasteiger partial charge in [0.05, 0.1) is 21.4 Å². The van der Waals surface area contributed by atoms with Crippen LogP contribution in [0.2, 0.25) is 0 Å². The van der Waals surface area contributed by atoms with E-state index in [1.165, 1.54) is 59.3 Å². The van der Waals surface area contributed by atoms with Crippen LogP contribution in [0.4, 0.5) is 0 Å². The first kappa shape index (κ1) is 27.9. The molecule has 3 heteroatoms. The largest absolute Gasteiger partial charge is 0.247 e. The van der Waals surface area contributed by atoms with Gasteiger partial charge in [0.1, 0.15) is 5.01 Å². The van der Waals surface area contributed by atoms with Gasteiger partial charge in [-0.25, -0.2) is 9.97 Å². The van der Waals surface area contributed by atoms with Crippen LogP contribution in [0.25, 0.3) is 97.5 Å². The Kier molecular flexibility index (Phi) is 6.39. The molecule has 10 aromatic rings. The Balaban J connectivity index is 1.14. The standard InChI is InChI=1S/C46H28N2S/c1-2-11-32(12-3-1)46-48-42-25-24-34(27-43(42)49-46)30-18-21-31(22-19-30)39-28-40-44(37-15-7-6-14-36(37)39)38-16-8-9-17-41(38)47-45(40)35-23-20-29-10-4-5-13-33(29)26-35/h1-28H. The summed E-state index contributed by atoms with van der Waals surface area (Å²) in [5, 5.41) is 9.56. The van der Waals surface area contributed by atoms with Crippen LogP contribution in [-0.4, -0.2) is 9.97 Å². The Labute approximate surface area is 287 Å². The van der Waals surface area contributed by atoms with E-state index in [1.807, 2.05) is 6.07 Å². The third kappa shape index (κ3) is 4.70. The number of pyridine rings is 1. The Morgan fingerprint density at radius 2 is 1.04 bits per heavy atom. The summed E-state index contributed by atoms with van der Waals surface area (Å²) in [6, 6.07) is 61.0. The van der Waals surface area contributed by atoms with E-state index in [-0.39, 0.29) is 0 Å². The van der Waals surface area contributed by atoms with E-state index in [0.29, 0.717) is 0 Å². The monoisotopic (exact) mass is 640 g/mol. The van der Waals surface area contributed by atoms with E-state index in [2.05, 4.69) is 164 Å². The lowest BCUT2D eigenvalue weighted by molar-refractivity contribution is 1.43. The summed E-state index contributed by atoms with van der Waals surface area (Å²) in [6.07, 6.45) is 0. The van der Waals surface area contributed by atoms with Gasteiger partial charge in [-0.05, 0) is 74.1 Å². The van der Waals surface area contributed by atoms with Gasteiger partial charge in [-0.3, -0.25) is 0 Å². The molecule has 8 aromatic carbocycles. The molecular weight excluding hydrogens is 613 g/mol. The summed E-state index contributed by atoms with van der Waals surface area (Å²) < 4.78 is 1.20. The highest BCUT2D eigenvalue weighted by Crippen LogP contribution is 2.42. The number of thiazole rings is 1. The fourth-order valence-electron chi connectivity index (χ4n) is 7.26. The van der Waals surface area contributed by atoms with Crippen molar-refractivity contribution in [3.63, 3.8) is 0 Å². The fraction of sp³-hybridized carbons (Fsp3) is 0. The SMILES string of the molecule is c1ccc(-c2nc3ccc(-c4ccc(-c5cc6c(-c7ccc8ccccc8c7)nc7ccccc7c6c6ccccc56)cc4)cc3s2)cc1. The molecule has 0 aliphatic carbocycles. The maximum absolute atomic E-state index is 5.32. The molecule has 2 nitrogen and oxygen atoms in total. The van der Waals surface area contributed by atoms with Crippen LogP contribution in [0.15, 0.2) is 170 Å². The summed E-state index contributed by atoms with van der Waals surface area (Å²) in [6.45, 7) is 0. The second-order valence-electron chi connectivity index (χ2n) is 12.6. The maximum atomic E-state index is 5.32. The third-order valence-corrected chi connectivity index (χ3v) is 10.7. The van der Waals surface area contributed by atoms with Gasteiger partial charge >= 0.3 is 0 Å². The van der Waals surface area contributed by atoms with E-state index in [1.54, 1.807) is 11.3 Å². The molecule has 0 bridgehead atoms. The molecule has 2 heterocycles. The first-order chi connectivity index (χ1) is 24.3. The van der Waals surface area contributed by atoms with Gasteiger partial charge < -0.3 is 0 Å². The quantitative estimate of drug-likeness (QED) is 0.179. The predicted molar refractivity (Wildman–Crippen MR) is 209 cm³/mol. The van der Waals surface area contributed by atoms with Crippen LogP contribution in [0.1, 0.15) is 0 Å². The second kappa shape index (κ2) is 11.2. The highest BCUT2D eigenvalue weighted by atomic mass is 32.1. The van der Waals surface area contributed by atoms with E-state index < -0.39 is 0 Å². The van der Waals surface area contributed by atoms with Crippen LogP contribution < -0.4 is 0 Å². The summed E-state index contributed by atoms with van der Waals surface area (Å²) in [4.78, 5) is 10.2. The molecule has 228 valence electrons. The number of aromatic nitrogens is 2. The van der Waals surface area contributed by atoms with Gasteiger partial charge in [0.2, 0.25) is 0 Å². The van der Waals surface area contributed by atoms with Gasteiger partial charge in [0, 0.05) is 27.3 Å². The van der Waals surface area contributed by atoms with E-state index >= 15 is 0 Å². The average molecular weight is 641 g/mol. The minimum Gasteiger partial charge on any atom is -0.247 e. The average Bonchev–Trinajstić information content (AvgIpc) is 3.61. The molecule has 0 amide bonds. The molecule has 0 saturated heterocycles. The number of fused-ring (bicyclic) bond motifs is 7. The van der Waals surface area contributed by atoms with Crippen LogP contribution in [0, 0.1) is 0 Å². The minimum absolute atomic E-state index is 1.01. The first-order valence-electron chi connectivity index (χ1n) is 16.6. The van der Waals surface area contributed by atoms with Gasteiger partial charge in [0.25, 0.3) is 0 Å². The van der Waals surface area contributed by atoms with Crippen LogP contribution in [0.5, 0.6) is 0 Å². The smallest absolute Gasteiger partial charge is 0.124 e. The zero-order valence-corrected chi connectivity index (χ0v) is 27.3. The third-order valence-electron chi connectivity index (χ3n) is 9.67. The fourth-order valence-corrected chi connectivity index (χ4v) is 8.27. The van der Waals surface area contributed by atoms with Crippen molar-refractivity contribution in [3.05, 3.63) is 170 Å². The van der Waals surface area contributed by atoms with Crippen LogP contribution >= 0.6 is 11.3 Å². The summed E-state index contributed by atoms with van der Waals surface area (Å²) in [7, 11) is 0. The Morgan fingerprint density at radius 1 is 0.367 bits per heavy atom. The van der Waals surface area contributed by atoms with Crippen LogP contribution in [-0.2, 0) is 0 Å². The number of benzene rings is 8. The van der Waals surface area contributed by atoms with Gasteiger partial charge in [-0.15, -0.1) is 11.3 Å². The van der Waals surface area contributed by atoms with Crippen molar-refractivity contribution >= 4 is 64.8 Å². The lowest BCUT2D eigenvalue weighted by Gasteiger charge is -2.16. The second-order valence-corrected chi connectivity index (χ2v) is 13.6. The minimum atomic E-state index is 1.01. The molecule has 0 spiro atoms. The molecule has 0 unspecified atom stereocenters. The topological polar surface area (TPSA) is 25.8 Å². The highest BCUT2D eigenvalue weighted by Gasteiger charge is 2.17. The molecular formula is C46H28N2S. The summed E-state index contributed by atoms with van der Waals surface area (Å²) in [5.41, 5.74) is 10.1. The first-order valence-corrected chi connectivity index (χ1v) is 17.4. The number of nitrogens with zero attached hydrogens (tertiary/aromatic N) is 2. The van der Waals surface area contributed by atoms with E-state index in [0.717, 1.165) is 38.2 Å². The zero-order chi connectivity index (χ0) is 32.3. The van der Waals surface area contributed by atoms with Crippen molar-refractivity contribution in [3.8, 4) is 44.1 Å². The van der Waals surface area contributed by atoms with Crippen molar-refractivity contribution in [2.45, 2.75) is 0 Å². The lowest BCUT2D eigenvalue weighted by atomic mass is 9.89. The molecule has 0 aliphatic rings. The molecule has 49 heavy (non-hydrogen) atoms. The van der Waals surface area contributed by atoms with Crippen LogP contribution in [0.3, 0.4) is 0 Å². The van der Waals surface area contributed by atoms with Crippen molar-refractivity contribution in [2.24, 2.45) is 0 Å². The normalized spacial score (nSPS) is 11.7. The highest BCUT2D eigenvalue weighted by molar-refractivity contribution is 7.21. The summed E-state index contributed by atoms with van der Waals surface area (Å²) in [5.74, 6) is 0. The van der Waals surface area contributed by atoms with Crippen molar-refractivity contribution in [1.29, 1.82) is 0 Å². The molecule has 0 N–H and O–H groups in total. The molecule has 2 aromatic heterocycles. The molecule has 0 saturated carbocycles. The maximum Gasteiger partial charge on any atom is 0.124 e. The number of hydrogen-bond acceptors (Lipinski definition) is 3. The Morgan fingerprint density at radius 3 is 1.90 bits per heavy atom. The van der Waals surface area contributed by atoms with E-state index in [9.17, 15) is 0 Å². The predicted octanol–water partition coefficient (Wildman–Crippen LogP) is 13.0. The van der Waals surface area contributed by atoms with E-state index in [4.69, 9.17) is 9.97 Å². The molecule has 0 radical (unpaired) electrons. The molecule has 10 rings (SSSR count). The number of para-hydroxylation sites is 1. The van der Waals surface area contributed by atoms with Crippen molar-refractivity contribution in [2.75, 3.05) is 0 Å². The number of hydrogen-bond donors (Lipinski definition) is 0. The van der Waals surface area contributed by atoms with Gasteiger partial charge in [-0.1, -0.05) is 140 Å².